The van der Waals surface area contributed by atoms with Gasteiger partial charge in [-0.2, -0.15) is 5.26 Å². The Bertz CT molecular complexity index is 1380. The zero-order valence-electron chi connectivity index (χ0n) is 19.8. The molecule has 1 amide bonds. The van der Waals surface area contributed by atoms with E-state index in [2.05, 4.69) is 5.32 Å². The topological polar surface area (TPSA) is 95.1 Å². The van der Waals surface area contributed by atoms with E-state index in [9.17, 15) is 20.0 Å². The highest BCUT2D eigenvalue weighted by molar-refractivity contribution is 7.15. The summed E-state index contributed by atoms with van der Waals surface area (Å²) in [4.78, 5) is 26.1. The number of aromatic nitrogens is 1. The lowest BCUT2D eigenvalue weighted by Gasteiger charge is -2.11. The predicted molar refractivity (Wildman–Crippen MR) is 135 cm³/mol. The molecule has 0 unspecified atom stereocenters. The highest BCUT2D eigenvalue weighted by atomic mass is 32.1. The Labute approximate surface area is 203 Å². The van der Waals surface area contributed by atoms with Gasteiger partial charge < -0.3 is 15.0 Å². The number of anilines is 1. The Morgan fingerprint density at radius 1 is 1.12 bits per heavy atom. The molecule has 0 aliphatic heterocycles. The number of amides is 1. The maximum Gasteiger partial charge on any atom is 0.339 e. The third kappa shape index (κ3) is 4.29. The van der Waals surface area contributed by atoms with E-state index in [1.165, 1.54) is 11.3 Å². The maximum atomic E-state index is 12.8. The molecule has 2 aromatic heterocycles. The second kappa shape index (κ2) is 9.32. The minimum absolute atomic E-state index is 0.0117. The van der Waals surface area contributed by atoms with Gasteiger partial charge in [-0.3, -0.25) is 4.79 Å². The van der Waals surface area contributed by atoms with Crippen molar-refractivity contribution < 1.29 is 14.7 Å². The lowest BCUT2D eigenvalue weighted by molar-refractivity contribution is -0.112. The fourth-order valence-corrected chi connectivity index (χ4v) is 5.99. The molecule has 3 aromatic rings. The van der Waals surface area contributed by atoms with Gasteiger partial charge in [0.05, 0.1) is 5.56 Å². The first kappa shape index (κ1) is 23.5. The average Bonchev–Trinajstić information content (AvgIpc) is 3.30. The van der Waals surface area contributed by atoms with Crippen molar-refractivity contribution in [1.29, 1.82) is 5.26 Å². The van der Waals surface area contributed by atoms with Crippen LogP contribution in [0.4, 0.5) is 5.69 Å². The van der Waals surface area contributed by atoms with Crippen LogP contribution in [-0.4, -0.2) is 21.6 Å². The smallest absolute Gasteiger partial charge is 0.339 e. The van der Waals surface area contributed by atoms with E-state index >= 15 is 0 Å². The predicted octanol–water partition coefficient (Wildman–Crippen LogP) is 5.90. The summed E-state index contributed by atoms with van der Waals surface area (Å²) >= 11 is 1.54. The molecule has 0 spiro atoms. The molecule has 0 radical (unpaired) electrons. The summed E-state index contributed by atoms with van der Waals surface area (Å²) in [7, 11) is 0. The Hall–Kier alpha value is -3.63. The van der Waals surface area contributed by atoms with Crippen LogP contribution in [0.5, 0.6) is 0 Å². The van der Waals surface area contributed by atoms with Crippen LogP contribution >= 0.6 is 11.3 Å². The van der Waals surface area contributed by atoms with Crippen LogP contribution in [0.3, 0.4) is 0 Å². The number of hydrogen-bond donors (Lipinski definition) is 2. The van der Waals surface area contributed by atoms with Gasteiger partial charge in [-0.1, -0.05) is 6.07 Å². The monoisotopic (exact) mass is 473 g/mol. The van der Waals surface area contributed by atoms with E-state index < -0.39 is 11.9 Å². The summed E-state index contributed by atoms with van der Waals surface area (Å²) in [5.41, 5.74) is 6.50. The number of carboxylic acids is 1. The SMILES string of the molecule is Cc1ccc(NC(=O)C(C#N)=Cc2cc(C)n(-c3sc4c(c3C(=O)O)CCCC4)c2C)cc1C. The number of carboxylic acid groups (broad SMARTS) is 1. The number of benzene rings is 1. The normalized spacial score (nSPS) is 13.3. The summed E-state index contributed by atoms with van der Waals surface area (Å²) < 4.78 is 1.94. The van der Waals surface area contributed by atoms with Crippen LogP contribution in [0.1, 0.15) is 61.7 Å². The number of aromatic carboxylic acids is 1. The molecular weight excluding hydrogens is 446 g/mol. The number of nitrogens with zero attached hydrogens (tertiary/aromatic N) is 2. The minimum Gasteiger partial charge on any atom is -0.478 e. The first-order valence-electron chi connectivity index (χ1n) is 11.3. The number of thiophene rings is 1. The summed E-state index contributed by atoms with van der Waals surface area (Å²) in [5, 5.41) is 23.2. The molecule has 174 valence electrons. The van der Waals surface area contributed by atoms with Crippen molar-refractivity contribution in [2.24, 2.45) is 0 Å². The van der Waals surface area contributed by atoms with Crippen LogP contribution in [0.15, 0.2) is 29.8 Å². The molecule has 0 atom stereocenters. The van der Waals surface area contributed by atoms with Gasteiger partial charge in [-0.15, -0.1) is 11.3 Å². The number of nitriles is 1. The maximum absolute atomic E-state index is 12.8. The molecule has 1 aromatic carbocycles. The first-order valence-corrected chi connectivity index (χ1v) is 12.1. The third-order valence-electron chi connectivity index (χ3n) is 6.47. The molecule has 1 aliphatic rings. The van der Waals surface area contributed by atoms with E-state index in [4.69, 9.17) is 0 Å². The van der Waals surface area contributed by atoms with E-state index in [1.807, 2.05) is 62.6 Å². The Kier molecular flexibility index (Phi) is 6.45. The van der Waals surface area contributed by atoms with Crippen LogP contribution in [0.25, 0.3) is 11.1 Å². The van der Waals surface area contributed by atoms with E-state index in [1.54, 1.807) is 6.08 Å². The zero-order chi connectivity index (χ0) is 24.6. The van der Waals surface area contributed by atoms with Crippen molar-refractivity contribution in [1.82, 2.24) is 4.57 Å². The third-order valence-corrected chi connectivity index (χ3v) is 7.75. The number of rotatable bonds is 5. The largest absolute Gasteiger partial charge is 0.478 e. The minimum atomic E-state index is -0.913. The van der Waals surface area contributed by atoms with Gasteiger partial charge >= 0.3 is 5.97 Å². The lowest BCUT2D eigenvalue weighted by Crippen LogP contribution is -2.13. The fraction of sp³-hybridized carbons (Fsp3) is 0.296. The Morgan fingerprint density at radius 3 is 2.53 bits per heavy atom. The van der Waals surface area contributed by atoms with Crippen LogP contribution < -0.4 is 5.32 Å². The number of aryl methyl sites for hydroxylation is 4. The fourth-order valence-electron chi connectivity index (χ4n) is 4.50. The quantitative estimate of drug-likeness (QED) is 0.356. The summed E-state index contributed by atoms with van der Waals surface area (Å²) in [6, 6.07) is 9.51. The van der Waals surface area contributed by atoms with Crippen LogP contribution in [-0.2, 0) is 17.6 Å². The van der Waals surface area contributed by atoms with Gasteiger partial charge in [-0.25, -0.2) is 4.79 Å². The Morgan fingerprint density at radius 2 is 1.85 bits per heavy atom. The standard InChI is InChI=1S/C27H27N3O3S/c1-15-9-10-21(11-16(15)2)29-25(31)20(14-28)13-19-12-17(3)30(18(19)4)26-24(27(32)33)22-7-5-6-8-23(22)34-26/h9-13H,5-8H2,1-4H3,(H,29,31)(H,32,33). The second-order valence-electron chi connectivity index (χ2n) is 8.78. The molecule has 2 heterocycles. The number of fused-ring (bicyclic) bond motifs is 1. The van der Waals surface area contributed by atoms with Gasteiger partial charge in [0.25, 0.3) is 5.91 Å². The summed E-state index contributed by atoms with van der Waals surface area (Å²) in [6.07, 6.45) is 5.34. The molecule has 0 fully saturated rings. The van der Waals surface area contributed by atoms with Crippen molar-refractivity contribution in [2.45, 2.75) is 53.4 Å². The summed E-state index contributed by atoms with van der Waals surface area (Å²) in [6.45, 7) is 7.76. The molecule has 1 aliphatic carbocycles. The van der Waals surface area contributed by atoms with E-state index in [0.29, 0.717) is 21.8 Å². The Balaban J connectivity index is 1.71. The van der Waals surface area contributed by atoms with Gasteiger partial charge in [0.2, 0.25) is 0 Å². The number of carbonyl (C=O) groups excluding carboxylic acids is 1. The van der Waals surface area contributed by atoms with Crippen molar-refractivity contribution in [3.63, 3.8) is 0 Å². The summed E-state index contributed by atoms with van der Waals surface area (Å²) in [5.74, 6) is -1.39. The van der Waals surface area contributed by atoms with Crippen LogP contribution in [0, 0.1) is 39.0 Å². The molecule has 2 N–H and O–H groups in total. The second-order valence-corrected chi connectivity index (χ2v) is 9.86. The van der Waals surface area contributed by atoms with Gasteiger partial charge in [0.15, 0.2) is 0 Å². The first-order chi connectivity index (χ1) is 16.2. The molecule has 4 rings (SSSR count). The van der Waals surface area contributed by atoms with Crippen molar-refractivity contribution in [3.05, 3.63) is 73.9 Å². The van der Waals surface area contributed by atoms with E-state index in [0.717, 1.165) is 58.6 Å². The molecule has 0 saturated heterocycles. The van der Waals surface area contributed by atoms with Gasteiger partial charge in [0, 0.05) is 22.0 Å². The number of hydrogen-bond acceptors (Lipinski definition) is 4. The zero-order valence-corrected chi connectivity index (χ0v) is 20.6. The van der Waals surface area contributed by atoms with Crippen molar-refractivity contribution in [3.8, 4) is 11.1 Å². The van der Waals surface area contributed by atoms with Gasteiger partial charge in [0.1, 0.15) is 16.6 Å². The molecule has 7 heteroatoms. The molecule has 0 bridgehead atoms. The molecular formula is C27H27N3O3S. The van der Waals surface area contributed by atoms with Gasteiger partial charge in [-0.05, 0) is 99.9 Å². The number of nitrogens with one attached hydrogen (secondary N) is 1. The van der Waals surface area contributed by atoms with Crippen molar-refractivity contribution >= 4 is 35.0 Å². The lowest BCUT2D eigenvalue weighted by atomic mass is 9.95. The molecule has 0 saturated carbocycles. The van der Waals surface area contributed by atoms with E-state index in [-0.39, 0.29) is 5.57 Å². The molecule has 34 heavy (non-hydrogen) atoms. The highest BCUT2D eigenvalue weighted by Gasteiger charge is 2.27. The molecule has 6 nitrogen and oxygen atoms in total. The van der Waals surface area contributed by atoms with Crippen molar-refractivity contribution in [2.75, 3.05) is 5.32 Å². The van der Waals surface area contributed by atoms with Crippen LogP contribution in [0.2, 0.25) is 0 Å². The number of carbonyl (C=O) groups is 2. The average molecular weight is 474 g/mol. The highest BCUT2D eigenvalue weighted by Crippen LogP contribution is 2.39.